The van der Waals surface area contributed by atoms with E-state index < -0.39 is 206 Å². The van der Waals surface area contributed by atoms with Crippen LogP contribution in [0, 0.1) is 5.82 Å². The van der Waals surface area contributed by atoms with Gasteiger partial charge in [0.05, 0.1) is 49.9 Å². The summed E-state index contributed by atoms with van der Waals surface area (Å²) in [6, 6.07) is 16.5. The molecule has 444 valence electrons. The molecule has 1 heterocycles. The molecule has 8 rings (SSSR count). The Morgan fingerprint density at radius 2 is 0.667 bits per heavy atom. The lowest BCUT2D eigenvalue weighted by Gasteiger charge is -2.46. The van der Waals surface area contributed by atoms with E-state index in [1.54, 1.807) is 12.1 Å². The number of rotatable bonds is 8. The summed E-state index contributed by atoms with van der Waals surface area (Å²) in [4.78, 5) is 13.0. The van der Waals surface area contributed by atoms with Crippen LogP contribution in [0.3, 0.4) is 0 Å². The predicted octanol–water partition coefficient (Wildman–Crippen LogP) is 15.7. The number of ether oxygens (including phenoxy) is 1. The zero-order valence-electron chi connectivity index (χ0n) is 41.1. The molecule has 0 atom stereocenters. The van der Waals surface area contributed by atoms with Crippen LogP contribution >= 0.6 is 0 Å². The molecular formula is C55H29BF25NO2. The molecule has 0 aliphatic rings. The number of nitrogens with zero attached hydrogens (tertiary/aromatic N) is 1. The first-order valence-corrected chi connectivity index (χ1v) is 23.3. The largest absolute Gasteiger partial charge is 0.416 e. The molecule has 29 heteroatoms. The Morgan fingerprint density at radius 3 is 0.988 bits per heavy atom. The van der Waals surface area contributed by atoms with Gasteiger partial charge in [0, 0.05) is 11.6 Å². The van der Waals surface area contributed by atoms with Crippen molar-refractivity contribution in [2.75, 3.05) is 0 Å². The number of fused-ring (bicyclic) bond motifs is 1. The highest BCUT2D eigenvalue weighted by atomic mass is 19.4. The van der Waals surface area contributed by atoms with Gasteiger partial charge in [0.15, 0.2) is 24.3 Å². The summed E-state index contributed by atoms with van der Waals surface area (Å²) in [5.41, 5.74) is -28.8. The molecule has 0 amide bonds. The number of esters is 1. The first-order valence-electron chi connectivity index (χ1n) is 23.3. The number of carbonyl (C=O) groups excluding carboxylic acids is 1. The van der Waals surface area contributed by atoms with Gasteiger partial charge < -0.3 is 4.74 Å². The van der Waals surface area contributed by atoms with Crippen LogP contribution < -0.4 is 31.2 Å². The number of halogens is 25. The molecule has 0 unspecified atom stereocenters. The highest BCUT2D eigenvalue weighted by Gasteiger charge is 2.47. The Bertz CT molecular complexity index is 3290. The molecule has 0 saturated heterocycles. The molecule has 0 fully saturated rings. The van der Waals surface area contributed by atoms with E-state index in [1.807, 2.05) is 71.4 Å². The van der Waals surface area contributed by atoms with E-state index >= 15 is 0 Å². The summed E-state index contributed by atoms with van der Waals surface area (Å²) in [5, 5.41) is 1.68. The fraction of sp³-hybridized carbons (Fsp3) is 0.164. The van der Waals surface area contributed by atoms with E-state index in [1.165, 1.54) is 12.1 Å². The van der Waals surface area contributed by atoms with Crippen LogP contribution in [0.4, 0.5) is 110 Å². The average Bonchev–Trinajstić information content (AvgIpc) is 1.20. The van der Waals surface area contributed by atoms with Crippen LogP contribution in [0.5, 0.6) is 5.75 Å². The summed E-state index contributed by atoms with van der Waals surface area (Å²) < 4.78 is 362. The van der Waals surface area contributed by atoms with Gasteiger partial charge in [0.2, 0.25) is 0 Å². The maximum absolute atomic E-state index is 14.2. The van der Waals surface area contributed by atoms with Crippen LogP contribution in [-0.4, -0.2) is 12.1 Å². The van der Waals surface area contributed by atoms with Gasteiger partial charge in [0.25, 0.3) is 5.69 Å². The van der Waals surface area contributed by atoms with Crippen LogP contribution in [0.25, 0.3) is 10.8 Å². The van der Waals surface area contributed by atoms with Crippen LogP contribution in [0.1, 0.15) is 60.6 Å². The first-order chi connectivity index (χ1) is 38.5. The molecule has 0 bridgehead atoms. The number of aromatic nitrogens is 1. The Hall–Kier alpha value is -8.27. The molecule has 0 spiro atoms. The number of hydrogen-bond donors (Lipinski definition) is 0. The van der Waals surface area contributed by atoms with E-state index in [0.29, 0.717) is 12.2 Å². The smallest absolute Gasteiger partial charge is 0.415 e. The lowest BCUT2D eigenvalue weighted by molar-refractivity contribution is -0.689. The third-order valence-corrected chi connectivity index (χ3v) is 12.8. The maximum atomic E-state index is 14.2. The number of carbonyl (C=O) groups is 1. The molecule has 84 heavy (non-hydrogen) atoms. The lowest BCUT2D eigenvalue weighted by atomic mass is 9.12. The van der Waals surface area contributed by atoms with E-state index in [-0.39, 0.29) is 5.75 Å². The summed E-state index contributed by atoms with van der Waals surface area (Å²) in [6.45, 7) is 0.507. The SMILES string of the molecule is FC(F)(F)c1cc([B-](c2cc(C(F)(F)F)cc(C(F)(F)F)c2)(c2cc(C(F)(F)F)cc(C(F)(F)F)c2)c2cc(C(F)(F)F)cc(C(F)(F)F)c2)cc(C(F)(F)F)c1.O=C(Oc1ccccc1F)c1c2ccccc2cc[n+]1Cc1ccccc1. The molecule has 0 aliphatic carbocycles. The van der Waals surface area contributed by atoms with E-state index in [9.17, 15) is 115 Å². The second-order valence-corrected chi connectivity index (χ2v) is 18.4. The standard InChI is InChI=1S/C32H12BF24.C23H17FNO2/c34-25(35,36)13-1-14(26(37,38)39)6-21(5-13)33(22-7-15(27(40,41)42)2-16(8-22)28(43,44)45,23-9-17(29(46,47)48)3-18(10-23)30(49,50)51)24-11-19(31(52,53)54)4-20(12-24)32(55,56)57;24-20-12-6-7-13-21(20)27-23(26)22-19-11-5-4-10-18(19)14-15-25(22)16-17-8-2-1-3-9-17/h1-12H;1-15H,16H2/q-1;+1. The van der Waals surface area contributed by atoms with Gasteiger partial charge in [-0.25, -0.2) is 9.18 Å². The second-order valence-electron chi connectivity index (χ2n) is 18.4. The van der Waals surface area contributed by atoms with Crippen molar-refractivity contribution in [3.63, 3.8) is 0 Å². The molecule has 0 saturated carbocycles. The van der Waals surface area contributed by atoms with Gasteiger partial charge >= 0.3 is 55.4 Å². The highest BCUT2D eigenvalue weighted by molar-refractivity contribution is 7.20. The van der Waals surface area contributed by atoms with Gasteiger partial charge in [-0.2, -0.15) is 132 Å². The van der Waals surface area contributed by atoms with E-state index in [4.69, 9.17) is 4.74 Å². The number of para-hydroxylation sites is 1. The molecule has 0 radical (unpaired) electrons. The second kappa shape index (κ2) is 22.4. The molecule has 1 aromatic heterocycles. The lowest BCUT2D eigenvalue weighted by Crippen LogP contribution is -2.75. The molecule has 0 aliphatic heterocycles. The fourth-order valence-electron chi connectivity index (χ4n) is 9.14. The molecule has 7 aromatic carbocycles. The van der Waals surface area contributed by atoms with Crippen LogP contribution in [0.15, 0.2) is 164 Å². The maximum Gasteiger partial charge on any atom is 0.416 e. The van der Waals surface area contributed by atoms with E-state index in [2.05, 4.69) is 0 Å². The Morgan fingerprint density at radius 1 is 0.369 bits per heavy atom. The van der Waals surface area contributed by atoms with Crippen molar-refractivity contribution in [2.45, 2.75) is 56.0 Å². The Balaban J connectivity index is 0.000000309. The van der Waals surface area contributed by atoms with Crippen LogP contribution in [-0.2, 0) is 56.0 Å². The fourth-order valence-corrected chi connectivity index (χ4v) is 9.14. The first kappa shape index (κ1) is 63.3. The third-order valence-electron chi connectivity index (χ3n) is 12.8. The van der Waals surface area contributed by atoms with Crippen molar-refractivity contribution in [2.24, 2.45) is 0 Å². The number of pyridine rings is 1. The minimum Gasteiger partial charge on any atom is -0.415 e. The van der Waals surface area contributed by atoms with Crippen molar-refractivity contribution in [3.05, 3.63) is 226 Å². The van der Waals surface area contributed by atoms with Gasteiger partial charge in [-0.3, -0.25) is 0 Å². The Kier molecular flexibility index (Phi) is 16.9. The number of benzene rings is 7. The van der Waals surface area contributed by atoms with Gasteiger partial charge in [-0.1, -0.05) is 109 Å². The summed E-state index contributed by atoms with van der Waals surface area (Å²) in [5.74, 6) is -1.24. The third kappa shape index (κ3) is 14.0. The minimum absolute atomic E-state index is 0.0818. The highest BCUT2D eigenvalue weighted by Crippen LogP contribution is 2.42. The summed E-state index contributed by atoms with van der Waals surface area (Å²) in [7, 11) is 0. The van der Waals surface area contributed by atoms with Crippen molar-refractivity contribution < 1.29 is 124 Å². The van der Waals surface area contributed by atoms with Crippen LogP contribution in [0.2, 0.25) is 0 Å². The van der Waals surface area contributed by atoms with Crippen molar-refractivity contribution in [1.29, 1.82) is 0 Å². The summed E-state index contributed by atoms with van der Waals surface area (Å²) >= 11 is 0. The van der Waals surface area contributed by atoms with Crippen molar-refractivity contribution >= 4 is 44.7 Å². The minimum atomic E-state index is -6.13. The quantitative estimate of drug-likeness (QED) is 0.0499. The van der Waals surface area contributed by atoms with E-state index in [0.717, 1.165) is 16.3 Å². The van der Waals surface area contributed by atoms with Gasteiger partial charge in [0.1, 0.15) is 6.15 Å². The normalized spacial score (nSPS) is 13.2. The molecule has 0 N–H and O–H groups in total. The zero-order valence-corrected chi connectivity index (χ0v) is 41.1. The zero-order chi connectivity index (χ0) is 62.6. The molecule has 8 aromatic rings. The predicted molar refractivity (Wildman–Crippen MR) is 251 cm³/mol. The number of hydrogen-bond acceptors (Lipinski definition) is 2. The number of alkyl halides is 24. The van der Waals surface area contributed by atoms with Crippen molar-refractivity contribution in [1.82, 2.24) is 0 Å². The topological polar surface area (TPSA) is 30.2 Å². The summed E-state index contributed by atoms with van der Waals surface area (Å²) in [6.07, 6.45) is -53.0. The van der Waals surface area contributed by atoms with Gasteiger partial charge in [-0.15, -0.1) is 0 Å². The van der Waals surface area contributed by atoms with Gasteiger partial charge in [-0.05, 0) is 47.9 Å². The van der Waals surface area contributed by atoms with Crippen molar-refractivity contribution in [3.8, 4) is 5.75 Å². The molecular weight excluding hydrogens is 1190 g/mol. The Labute approximate surface area is 455 Å². The molecule has 3 nitrogen and oxygen atoms in total. The monoisotopic (exact) mass is 1220 g/mol. The average molecular weight is 1220 g/mol.